The molecule has 0 amide bonds. The van der Waals surface area contributed by atoms with E-state index in [0.29, 0.717) is 5.16 Å². The van der Waals surface area contributed by atoms with Gasteiger partial charge in [-0.2, -0.15) is 0 Å². The fourth-order valence-electron chi connectivity index (χ4n) is 1.88. The molecule has 0 spiro atoms. The largest absolute Gasteiger partial charge is 0.468 e. The minimum Gasteiger partial charge on any atom is -0.468 e. The molecule has 0 radical (unpaired) electrons. The van der Waals surface area contributed by atoms with E-state index in [9.17, 15) is 4.79 Å². The number of thioether (sulfide) groups is 1. The molecule has 2 aromatic heterocycles. The molecule has 0 saturated heterocycles. The van der Waals surface area contributed by atoms with Gasteiger partial charge in [0.15, 0.2) is 5.65 Å². The minimum absolute atomic E-state index is 0.295. The van der Waals surface area contributed by atoms with Gasteiger partial charge in [-0.15, -0.1) is 5.10 Å². The van der Waals surface area contributed by atoms with Gasteiger partial charge >= 0.3 is 5.97 Å². The van der Waals surface area contributed by atoms with Gasteiger partial charge in [0.25, 0.3) is 0 Å². The highest BCUT2D eigenvalue weighted by atomic mass is 32.2. The number of fused-ring (bicyclic) bond motifs is 3. The number of carbonyl (C=O) groups is 1. The zero-order valence-corrected chi connectivity index (χ0v) is 11.8. The maximum Gasteiger partial charge on any atom is 0.318 e. The summed E-state index contributed by atoms with van der Waals surface area (Å²) in [6.07, 6.45) is 1.62. The Hall–Kier alpha value is -2.15. The van der Waals surface area contributed by atoms with Crippen molar-refractivity contribution in [3.05, 3.63) is 30.6 Å². The number of carbonyl (C=O) groups excluding carboxylic acids is 1. The van der Waals surface area contributed by atoms with Crippen LogP contribution in [0.4, 0.5) is 0 Å². The summed E-state index contributed by atoms with van der Waals surface area (Å²) in [6, 6.07) is 7.73. The second-order valence-electron chi connectivity index (χ2n) is 4.21. The van der Waals surface area contributed by atoms with E-state index in [1.807, 2.05) is 24.3 Å². The number of ether oxygens (including phenoxy) is 1. The Morgan fingerprint density at radius 1 is 1.40 bits per heavy atom. The lowest BCUT2D eigenvalue weighted by molar-refractivity contribution is -0.139. The molecule has 102 valence electrons. The molecular formula is C13H12N4O2S. The lowest BCUT2D eigenvalue weighted by Crippen LogP contribution is -2.14. The van der Waals surface area contributed by atoms with Crippen molar-refractivity contribution in [2.45, 2.75) is 17.3 Å². The van der Waals surface area contributed by atoms with Gasteiger partial charge in [0.1, 0.15) is 11.6 Å². The van der Waals surface area contributed by atoms with Crippen molar-refractivity contribution in [3.63, 3.8) is 0 Å². The van der Waals surface area contributed by atoms with E-state index in [1.54, 1.807) is 17.8 Å². The highest BCUT2D eigenvalue weighted by Crippen LogP contribution is 2.23. The van der Waals surface area contributed by atoms with Gasteiger partial charge in [-0.1, -0.05) is 23.9 Å². The van der Waals surface area contributed by atoms with Crippen LogP contribution < -0.4 is 0 Å². The van der Waals surface area contributed by atoms with E-state index in [2.05, 4.69) is 15.1 Å². The first-order valence-corrected chi connectivity index (χ1v) is 6.91. The van der Waals surface area contributed by atoms with Crippen molar-refractivity contribution in [2.75, 3.05) is 7.11 Å². The summed E-state index contributed by atoms with van der Waals surface area (Å²) in [5.41, 5.74) is 1.60. The van der Waals surface area contributed by atoms with Gasteiger partial charge in [0.05, 0.1) is 12.6 Å². The normalized spacial score (nSPS) is 12.7. The highest BCUT2D eigenvalue weighted by molar-refractivity contribution is 8.00. The van der Waals surface area contributed by atoms with E-state index in [4.69, 9.17) is 4.74 Å². The third-order valence-corrected chi connectivity index (χ3v) is 3.81. The van der Waals surface area contributed by atoms with Crippen LogP contribution in [-0.4, -0.2) is 37.9 Å². The molecule has 0 saturated carbocycles. The number of methoxy groups -OCH3 is 1. The predicted octanol–water partition coefficient (Wildman–Crippen LogP) is 1.93. The topological polar surface area (TPSA) is 69.4 Å². The Morgan fingerprint density at radius 3 is 3.00 bits per heavy atom. The van der Waals surface area contributed by atoms with Crippen molar-refractivity contribution in [1.29, 1.82) is 0 Å². The summed E-state index contributed by atoms with van der Waals surface area (Å²) in [7, 11) is 1.37. The van der Waals surface area contributed by atoms with Crippen LogP contribution in [0.2, 0.25) is 0 Å². The molecule has 20 heavy (non-hydrogen) atoms. The lowest BCUT2D eigenvalue weighted by atomic mass is 10.2. The molecule has 0 aliphatic heterocycles. The van der Waals surface area contributed by atoms with Crippen molar-refractivity contribution in [1.82, 2.24) is 19.6 Å². The second-order valence-corrected chi connectivity index (χ2v) is 5.52. The zero-order chi connectivity index (χ0) is 14.1. The molecule has 0 aliphatic carbocycles. The van der Waals surface area contributed by atoms with Crippen molar-refractivity contribution >= 4 is 34.3 Å². The van der Waals surface area contributed by atoms with Crippen LogP contribution in [0.5, 0.6) is 0 Å². The Bertz CT molecular complexity index is 786. The summed E-state index contributed by atoms with van der Waals surface area (Å²) in [5.74, 6) is -0.295. The molecule has 0 fully saturated rings. The maximum absolute atomic E-state index is 11.4. The average Bonchev–Trinajstić information content (AvgIpc) is 2.89. The Balaban J connectivity index is 2.02. The molecule has 0 unspecified atom stereocenters. The summed E-state index contributed by atoms with van der Waals surface area (Å²) in [6.45, 7) is 1.76. The Kier molecular flexibility index (Phi) is 3.27. The number of esters is 1. The molecule has 2 heterocycles. The molecule has 1 atom stereocenters. The highest BCUT2D eigenvalue weighted by Gasteiger charge is 2.18. The van der Waals surface area contributed by atoms with Crippen LogP contribution >= 0.6 is 11.8 Å². The molecule has 3 rings (SSSR count). The van der Waals surface area contributed by atoms with Crippen molar-refractivity contribution in [2.24, 2.45) is 0 Å². The quantitative estimate of drug-likeness (QED) is 0.542. The van der Waals surface area contributed by atoms with Crippen LogP contribution in [-0.2, 0) is 9.53 Å². The molecule has 0 bridgehead atoms. The lowest BCUT2D eigenvalue weighted by Gasteiger charge is -2.04. The molecule has 3 aromatic rings. The van der Waals surface area contributed by atoms with Gasteiger partial charge in [0.2, 0.25) is 5.16 Å². The monoisotopic (exact) mass is 288 g/mol. The SMILES string of the molecule is COC(=O)[C@H](C)Sc1nc2c3ccccc3ncn2n1. The molecular weight excluding hydrogens is 276 g/mol. The summed E-state index contributed by atoms with van der Waals surface area (Å²) >= 11 is 1.27. The summed E-state index contributed by atoms with van der Waals surface area (Å²) in [5, 5.41) is 5.43. The first-order valence-electron chi connectivity index (χ1n) is 6.03. The Labute approximate surface area is 119 Å². The second kappa shape index (κ2) is 5.09. The molecule has 1 aromatic carbocycles. The number of para-hydroxylation sites is 1. The zero-order valence-electron chi connectivity index (χ0n) is 11.0. The standard InChI is InChI=1S/C13H12N4O2S/c1-8(12(18)19-2)20-13-15-11-9-5-3-4-6-10(9)14-7-17(11)16-13/h3-8H,1-2H3/t8-/m0/s1. The number of benzene rings is 1. The van der Waals surface area contributed by atoms with Crippen LogP contribution in [0.25, 0.3) is 16.6 Å². The first kappa shape index (κ1) is 12.9. The van der Waals surface area contributed by atoms with Crippen LogP contribution in [0.1, 0.15) is 6.92 Å². The van der Waals surface area contributed by atoms with Gasteiger partial charge in [-0.3, -0.25) is 4.79 Å². The van der Waals surface area contributed by atoms with Gasteiger partial charge in [-0.05, 0) is 19.1 Å². The van der Waals surface area contributed by atoms with E-state index in [-0.39, 0.29) is 11.2 Å². The van der Waals surface area contributed by atoms with Gasteiger partial charge < -0.3 is 4.74 Å². The first-order chi connectivity index (χ1) is 9.69. The van der Waals surface area contributed by atoms with E-state index >= 15 is 0 Å². The van der Waals surface area contributed by atoms with Gasteiger partial charge in [0, 0.05) is 5.39 Å². The van der Waals surface area contributed by atoms with E-state index < -0.39 is 0 Å². The van der Waals surface area contributed by atoms with Crippen LogP contribution in [0.15, 0.2) is 35.7 Å². The average molecular weight is 288 g/mol. The summed E-state index contributed by atoms with van der Waals surface area (Å²) in [4.78, 5) is 20.2. The number of hydrogen-bond acceptors (Lipinski definition) is 6. The van der Waals surface area contributed by atoms with Crippen molar-refractivity contribution < 1.29 is 9.53 Å². The third kappa shape index (κ3) is 2.20. The maximum atomic E-state index is 11.4. The van der Waals surface area contributed by atoms with Crippen molar-refractivity contribution in [3.8, 4) is 0 Å². The van der Waals surface area contributed by atoms with Crippen LogP contribution in [0.3, 0.4) is 0 Å². The number of rotatable bonds is 3. The fraction of sp³-hybridized carbons (Fsp3) is 0.231. The Morgan fingerprint density at radius 2 is 2.20 bits per heavy atom. The molecule has 7 heteroatoms. The fourth-order valence-corrected chi connectivity index (χ4v) is 2.67. The van der Waals surface area contributed by atoms with E-state index in [0.717, 1.165) is 16.6 Å². The van der Waals surface area contributed by atoms with E-state index in [1.165, 1.54) is 18.9 Å². The number of hydrogen-bond donors (Lipinski definition) is 0. The predicted molar refractivity (Wildman–Crippen MR) is 75.6 cm³/mol. The number of aromatic nitrogens is 4. The minimum atomic E-state index is -0.350. The number of nitrogens with zero attached hydrogens (tertiary/aromatic N) is 4. The molecule has 0 aliphatic rings. The van der Waals surface area contributed by atoms with Crippen LogP contribution in [0, 0.1) is 0 Å². The molecule has 6 nitrogen and oxygen atoms in total. The van der Waals surface area contributed by atoms with Gasteiger partial charge in [-0.25, -0.2) is 14.5 Å². The smallest absolute Gasteiger partial charge is 0.318 e. The molecule has 0 N–H and O–H groups in total. The third-order valence-electron chi connectivity index (χ3n) is 2.88. The summed E-state index contributed by atoms with van der Waals surface area (Å²) < 4.78 is 6.31.